The van der Waals surface area contributed by atoms with Crippen LogP contribution in [0.2, 0.25) is 0 Å². The summed E-state index contributed by atoms with van der Waals surface area (Å²) in [4.78, 5) is 22.1. The fourth-order valence-corrected chi connectivity index (χ4v) is 5.37. The number of rotatable bonds is 2. The summed E-state index contributed by atoms with van der Waals surface area (Å²) in [7, 11) is 0. The number of nitriles is 1. The van der Waals surface area contributed by atoms with E-state index in [0.29, 0.717) is 11.5 Å². The Morgan fingerprint density at radius 2 is 1.74 bits per heavy atom. The van der Waals surface area contributed by atoms with Gasteiger partial charge in [-0.25, -0.2) is 4.98 Å². The molecule has 0 radical (unpaired) electrons. The number of nitrogens with zero attached hydrogens (tertiary/aromatic N) is 4. The average Bonchev–Trinajstić information content (AvgIpc) is 3.11. The SMILES string of the molecule is Cc1cc(C)c(C#N)c(N2CCC(C(=O)N3CC4CCCCC4C3)CC2)n1. The van der Waals surface area contributed by atoms with Gasteiger partial charge in [0.05, 0.1) is 5.56 Å². The van der Waals surface area contributed by atoms with Crippen molar-refractivity contribution in [2.75, 3.05) is 31.1 Å². The topological polar surface area (TPSA) is 60.2 Å². The Balaban J connectivity index is 1.40. The molecule has 1 saturated carbocycles. The van der Waals surface area contributed by atoms with Crippen molar-refractivity contribution in [2.24, 2.45) is 17.8 Å². The van der Waals surface area contributed by atoms with E-state index >= 15 is 0 Å². The molecule has 1 amide bonds. The number of carbonyl (C=O) groups is 1. The van der Waals surface area contributed by atoms with Gasteiger partial charge in [-0.2, -0.15) is 5.26 Å². The zero-order valence-corrected chi connectivity index (χ0v) is 16.6. The van der Waals surface area contributed by atoms with Crippen molar-refractivity contribution in [2.45, 2.75) is 52.4 Å². The zero-order valence-electron chi connectivity index (χ0n) is 16.6. The highest BCUT2D eigenvalue weighted by Crippen LogP contribution is 2.37. The van der Waals surface area contributed by atoms with Gasteiger partial charge >= 0.3 is 0 Å². The van der Waals surface area contributed by atoms with Crippen LogP contribution in [0.25, 0.3) is 0 Å². The van der Waals surface area contributed by atoms with Crippen molar-refractivity contribution in [3.63, 3.8) is 0 Å². The molecule has 0 aromatic carbocycles. The van der Waals surface area contributed by atoms with Crippen molar-refractivity contribution in [1.82, 2.24) is 9.88 Å². The second-order valence-corrected chi connectivity index (χ2v) is 8.70. The lowest BCUT2D eigenvalue weighted by Gasteiger charge is -2.34. The number of amides is 1. The van der Waals surface area contributed by atoms with Crippen LogP contribution >= 0.6 is 0 Å². The molecule has 3 aliphatic rings. The molecule has 1 aromatic rings. The molecule has 2 unspecified atom stereocenters. The van der Waals surface area contributed by atoms with E-state index in [1.165, 1.54) is 25.7 Å². The maximum absolute atomic E-state index is 13.1. The number of piperidine rings is 1. The van der Waals surface area contributed by atoms with Crippen LogP contribution in [-0.2, 0) is 4.79 Å². The molecule has 2 saturated heterocycles. The second-order valence-electron chi connectivity index (χ2n) is 8.70. The number of aromatic nitrogens is 1. The minimum absolute atomic E-state index is 0.137. The lowest BCUT2D eigenvalue weighted by molar-refractivity contribution is -0.135. The third-order valence-electron chi connectivity index (χ3n) is 6.87. The highest BCUT2D eigenvalue weighted by Gasteiger charge is 2.39. The van der Waals surface area contributed by atoms with Gasteiger partial charge in [-0.05, 0) is 63.0 Å². The largest absolute Gasteiger partial charge is 0.355 e. The number of carbonyl (C=O) groups excluding carboxylic acids is 1. The fourth-order valence-electron chi connectivity index (χ4n) is 5.37. The van der Waals surface area contributed by atoms with Gasteiger partial charge in [0.1, 0.15) is 11.9 Å². The Kier molecular flexibility index (Phi) is 5.08. The van der Waals surface area contributed by atoms with Gasteiger partial charge in [0, 0.05) is 37.8 Å². The predicted molar refractivity (Wildman–Crippen MR) is 105 cm³/mol. The molecule has 0 N–H and O–H groups in total. The standard InChI is InChI=1S/C22H30N4O/c1-15-11-16(2)24-21(20(15)12-23)25-9-7-17(8-10-25)22(27)26-13-18-5-3-4-6-19(18)14-26/h11,17-19H,3-10,13-14H2,1-2H3. The van der Waals surface area contributed by atoms with Crippen molar-refractivity contribution in [3.05, 3.63) is 22.9 Å². The first-order valence-electron chi connectivity index (χ1n) is 10.5. The van der Waals surface area contributed by atoms with E-state index in [9.17, 15) is 10.1 Å². The van der Waals surface area contributed by atoms with Crippen LogP contribution in [0.1, 0.15) is 55.3 Å². The molecule has 0 bridgehead atoms. The van der Waals surface area contributed by atoms with E-state index in [4.69, 9.17) is 0 Å². The summed E-state index contributed by atoms with van der Waals surface area (Å²) in [6.07, 6.45) is 7.02. The number of anilines is 1. The van der Waals surface area contributed by atoms with Gasteiger partial charge in [0.15, 0.2) is 0 Å². The zero-order chi connectivity index (χ0) is 19.0. The Bertz CT molecular complexity index is 746. The van der Waals surface area contributed by atoms with E-state index in [1.54, 1.807) is 0 Å². The summed E-state index contributed by atoms with van der Waals surface area (Å²) < 4.78 is 0. The summed E-state index contributed by atoms with van der Waals surface area (Å²) in [5.74, 6) is 2.81. The molecule has 2 aliphatic heterocycles. The first-order valence-corrected chi connectivity index (χ1v) is 10.5. The number of hydrogen-bond acceptors (Lipinski definition) is 4. The number of hydrogen-bond donors (Lipinski definition) is 0. The van der Waals surface area contributed by atoms with Crippen LogP contribution in [0.4, 0.5) is 5.82 Å². The smallest absolute Gasteiger partial charge is 0.225 e. The summed E-state index contributed by atoms with van der Waals surface area (Å²) in [5.41, 5.74) is 2.60. The summed E-state index contributed by atoms with van der Waals surface area (Å²) >= 11 is 0. The molecule has 144 valence electrons. The maximum atomic E-state index is 13.1. The van der Waals surface area contributed by atoms with Gasteiger partial charge < -0.3 is 9.80 Å². The molecular formula is C22H30N4O. The molecule has 5 heteroatoms. The molecule has 5 nitrogen and oxygen atoms in total. The lowest BCUT2D eigenvalue weighted by atomic mass is 9.82. The predicted octanol–water partition coefficient (Wildman–Crippen LogP) is 3.44. The summed E-state index contributed by atoms with van der Waals surface area (Å²) in [6.45, 7) is 7.53. The number of fused-ring (bicyclic) bond motifs is 1. The van der Waals surface area contributed by atoms with Gasteiger partial charge in [-0.1, -0.05) is 12.8 Å². The highest BCUT2D eigenvalue weighted by molar-refractivity contribution is 5.79. The molecule has 3 heterocycles. The Morgan fingerprint density at radius 1 is 1.11 bits per heavy atom. The third-order valence-corrected chi connectivity index (χ3v) is 6.87. The molecule has 1 aromatic heterocycles. The van der Waals surface area contributed by atoms with Crippen molar-refractivity contribution in [3.8, 4) is 6.07 Å². The van der Waals surface area contributed by atoms with Gasteiger partial charge in [-0.15, -0.1) is 0 Å². The molecule has 3 fully saturated rings. The minimum Gasteiger partial charge on any atom is -0.355 e. The average molecular weight is 367 g/mol. The summed E-state index contributed by atoms with van der Waals surface area (Å²) in [5, 5.41) is 9.53. The summed E-state index contributed by atoms with van der Waals surface area (Å²) in [6, 6.07) is 4.28. The van der Waals surface area contributed by atoms with Crippen molar-refractivity contribution < 1.29 is 4.79 Å². The number of pyridine rings is 1. The van der Waals surface area contributed by atoms with Crippen molar-refractivity contribution in [1.29, 1.82) is 5.26 Å². The van der Waals surface area contributed by atoms with Crippen LogP contribution in [0.15, 0.2) is 6.07 Å². The van der Waals surface area contributed by atoms with Crippen LogP contribution in [0.3, 0.4) is 0 Å². The molecule has 1 aliphatic carbocycles. The lowest BCUT2D eigenvalue weighted by Crippen LogP contribution is -2.42. The Hall–Kier alpha value is -2.09. The monoisotopic (exact) mass is 366 g/mol. The maximum Gasteiger partial charge on any atom is 0.225 e. The van der Waals surface area contributed by atoms with Gasteiger partial charge in [-0.3, -0.25) is 4.79 Å². The van der Waals surface area contributed by atoms with Crippen LogP contribution in [0, 0.1) is 42.9 Å². The van der Waals surface area contributed by atoms with Gasteiger partial charge in [0.2, 0.25) is 5.91 Å². The van der Waals surface area contributed by atoms with Crippen molar-refractivity contribution >= 4 is 11.7 Å². The quantitative estimate of drug-likeness (QED) is 0.804. The molecule has 0 spiro atoms. The van der Waals surface area contributed by atoms with E-state index < -0.39 is 0 Å². The molecule has 4 rings (SSSR count). The Morgan fingerprint density at radius 3 is 2.33 bits per heavy atom. The first kappa shape index (κ1) is 18.3. The van der Waals surface area contributed by atoms with Crippen LogP contribution < -0.4 is 4.90 Å². The van der Waals surface area contributed by atoms with E-state index in [1.807, 2.05) is 19.9 Å². The van der Waals surface area contributed by atoms with E-state index in [2.05, 4.69) is 20.9 Å². The first-order chi connectivity index (χ1) is 13.1. The second kappa shape index (κ2) is 7.50. The van der Waals surface area contributed by atoms with Crippen LogP contribution in [0.5, 0.6) is 0 Å². The number of aryl methyl sites for hydroxylation is 2. The fraction of sp³-hybridized carbons (Fsp3) is 0.682. The molecule has 2 atom stereocenters. The van der Waals surface area contributed by atoms with E-state index in [-0.39, 0.29) is 5.92 Å². The number of likely N-dealkylation sites (tertiary alicyclic amines) is 1. The van der Waals surface area contributed by atoms with Gasteiger partial charge in [0.25, 0.3) is 0 Å². The molecule has 27 heavy (non-hydrogen) atoms. The van der Waals surface area contributed by atoms with Crippen LogP contribution in [-0.4, -0.2) is 42.0 Å². The molecular weight excluding hydrogens is 336 g/mol. The van der Waals surface area contributed by atoms with E-state index in [0.717, 1.165) is 67.9 Å². The highest BCUT2D eigenvalue weighted by atomic mass is 16.2. The normalized spacial score (nSPS) is 26.0. The minimum atomic E-state index is 0.137. The third kappa shape index (κ3) is 3.54. The Labute approximate surface area is 162 Å².